The molecule has 0 bridgehead atoms. The Kier molecular flexibility index (Phi) is 3.78. The molecular weight excluding hydrogens is 308 g/mol. The van der Waals surface area contributed by atoms with Gasteiger partial charge in [0.1, 0.15) is 11.6 Å². The van der Waals surface area contributed by atoms with Crippen molar-refractivity contribution in [3.8, 4) is 11.9 Å². The SMILES string of the molecule is N#Cc1cnn2c(OCc3nnnn3C3CCCCC3)ccnc12. The molecule has 0 aliphatic heterocycles. The molecule has 9 heteroatoms. The van der Waals surface area contributed by atoms with Crippen molar-refractivity contribution < 1.29 is 4.74 Å². The van der Waals surface area contributed by atoms with Crippen LogP contribution in [0, 0.1) is 11.3 Å². The van der Waals surface area contributed by atoms with E-state index in [2.05, 4.69) is 31.7 Å². The molecule has 3 aromatic rings. The molecule has 4 rings (SSSR count). The molecule has 0 unspecified atom stereocenters. The lowest BCUT2D eigenvalue weighted by molar-refractivity contribution is 0.249. The Morgan fingerprint density at radius 1 is 1.29 bits per heavy atom. The topological polar surface area (TPSA) is 107 Å². The van der Waals surface area contributed by atoms with Gasteiger partial charge < -0.3 is 4.74 Å². The molecule has 122 valence electrons. The summed E-state index contributed by atoms with van der Waals surface area (Å²) in [7, 11) is 0. The average molecular weight is 324 g/mol. The van der Waals surface area contributed by atoms with E-state index in [1.54, 1.807) is 12.3 Å². The van der Waals surface area contributed by atoms with E-state index in [-0.39, 0.29) is 6.61 Å². The normalized spacial score (nSPS) is 15.5. The maximum atomic E-state index is 9.06. The molecule has 0 N–H and O–H groups in total. The van der Waals surface area contributed by atoms with Crippen molar-refractivity contribution >= 4 is 5.65 Å². The molecule has 1 aliphatic carbocycles. The molecular formula is C15H16N8O. The monoisotopic (exact) mass is 324 g/mol. The second-order valence-corrected chi connectivity index (χ2v) is 5.81. The highest BCUT2D eigenvalue weighted by Gasteiger charge is 2.20. The van der Waals surface area contributed by atoms with Crippen LogP contribution < -0.4 is 4.74 Å². The number of hydrogen-bond acceptors (Lipinski definition) is 7. The van der Waals surface area contributed by atoms with Gasteiger partial charge in [-0.25, -0.2) is 9.67 Å². The lowest BCUT2D eigenvalue weighted by Gasteiger charge is -2.22. The fourth-order valence-corrected chi connectivity index (χ4v) is 3.11. The molecule has 3 heterocycles. The number of aromatic nitrogens is 7. The number of nitriles is 1. The molecule has 9 nitrogen and oxygen atoms in total. The Labute approximate surface area is 137 Å². The minimum Gasteiger partial charge on any atom is -0.469 e. The van der Waals surface area contributed by atoms with E-state index in [4.69, 9.17) is 10.00 Å². The molecule has 0 saturated heterocycles. The van der Waals surface area contributed by atoms with Crippen LogP contribution in [0.15, 0.2) is 18.5 Å². The van der Waals surface area contributed by atoms with Gasteiger partial charge in [-0.2, -0.15) is 14.9 Å². The third kappa shape index (κ3) is 2.56. The van der Waals surface area contributed by atoms with Crippen LogP contribution in [0.2, 0.25) is 0 Å². The van der Waals surface area contributed by atoms with Crippen molar-refractivity contribution in [2.75, 3.05) is 0 Å². The molecule has 3 aromatic heterocycles. The highest BCUT2D eigenvalue weighted by atomic mass is 16.5. The Morgan fingerprint density at radius 3 is 3.00 bits per heavy atom. The highest BCUT2D eigenvalue weighted by molar-refractivity contribution is 5.54. The molecule has 0 radical (unpaired) electrons. The van der Waals surface area contributed by atoms with Crippen molar-refractivity contribution in [2.24, 2.45) is 0 Å². The minimum absolute atomic E-state index is 0.240. The summed E-state index contributed by atoms with van der Waals surface area (Å²) in [6.45, 7) is 0.240. The summed E-state index contributed by atoms with van der Waals surface area (Å²) in [4.78, 5) is 4.16. The Balaban J connectivity index is 1.55. The predicted molar refractivity (Wildman–Crippen MR) is 82.0 cm³/mol. The van der Waals surface area contributed by atoms with Crippen molar-refractivity contribution in [1.29, 1.82) is 5.26 Å². The van der Waals surface area contributed by atoms with Crippen LogP contribution in [0.3, 0.4) is 0 Å². The summed E-state index contributed by atoms with van der Waals surface area (Å²) >= 11 is 0. The summed E-state index contributed by atoms with van der Waals surface area (Å²) < 4.78 is 9.22. The number of rotatable bonds is 4. The zero-order chi connectivity index (χ0) is 16.4. The van der Waals surface area contributed by atoms with Gasteiger partial charge in [0.25, 0.3) is 0 Å². The number of hydrogen-bond donors (Lipinski definition) is 0. The lowest BCUT2D eigenvalue weighted by atomic mass is 9.96. The number of ether oxygens (including phenoxy) is 1. The summed E-state index contributed by atoms with van der Waals surface area (Å²) in [5.41, 5.74) is 0.884. The molecule has 24 heavy (non-hydrogen) atoms. The summed E-state index contributed by atoms with van der Waals surface area (Å²) in [6.07, 6.45) is 8.96. The van der Waals surface area contributed by atoms with Gasteiger partial charge in [-0.05, 0) is 23.3 Å². The van der Waals surface area contributed by atoms with Gasteiger partial charge >= 0.3 is 0 Å². The third-order valence-corrected chi connectivity index (χ3v) is 4.32. The van der Waals surface area contributed by atoms with Gasteiger partial charge in [0, 0.05) is 12.3 Å². The third-order valence-electron chi connectivity index (χ3n) is 4.32. The second kappa shape index (κ2) is 6.23. The van der Waals surface area contributed by atoms with E-state index in [9.17, 15) is 0 Å². The summed E-state index contributed by atoms with van der Waals surface area (Å²) in [6, 6.07) is 4.11. The number of nitrogens with zero attached hydrogens (tertiary/aromatic N) is 8. The van der Waals surface area contributed by atoms with Crippen molar-refractivity contribution in [2.45, 2.75) is 44.8 Å². The maximum Gasteiger partial charge on any atom is 0.218 e. The van der Waals surface area contributed by atoms with Gasteiger partial charge in [-0.3, -0.25) is 0 Å². The number of tetrazole rings is 1. The van der Waals surface area contributed by atoms with Crippen molar-refractivity contribution in [3.63, 3.8) is 0 Å². The van der Waals surface area contributed by atoms with E-state index < -0.39 is 0 Å². The average Bonchev–Trinajstić information content (AvgIpc) is 3.27. The fraction of sp³-hybridized carbons (Fsp3) is 0.467. The first-order valence-electron chi connectivity index (χ1n) is 7.99. The summed E-state index contributed by atoms with van der Waals surface area (Å²) in [5.74, 6) is 1.19. The van der Waals surface area contributed by atoms with Gasteiger partial charge in [0.2, 0.25) is 5.88 Å². The van der Waals surface area contributed by atoms with Gasteiger partial charge in [-0.1, -0.05) is 19.3 Å². The molecule has 0 spiro atoms. The van der Waals surface area contributed by atoms with E-state index in [1.165, 1.54) is 30.0 Å². The van der Waals surface area contributed by atoms with Gasteiger partial charge in [0.15, 0.2) is 18.1 Å². The lowest BCUT2D eigenvalue weighted by Crippen LogP contribution is -2.18. The van der Waals surface area contributed by atoms with Crippen LogP contribution in [0.1, 0.15) is 49.5 Å². The van der Waals surface area contributed by atoms with Crippen LogP contribution in [0.25, 0.3) is 5.65 Å². The van der Waals surface area contributed by atoms with Crippen LogP contribution in [0.4, 0.5) is 0 Å². The summed E-state index contributed by atoms with van der Waals surface area (Å²) in [5, 5.41) is 25.2. The Morgan fingerprint density at radius 2 is 2.17 bits per heavy atom. The minimum atomic E-state index is 0.240. The van der Waals surface area contributed by atoms with Crippen LogP contribution in [-0.2, 0) is 6.61 Å². The van der Waals surface area contributed by atoms with Crippen molar-refractivity contribution in [3.05, 3.63) is 29.8 Å². The first-order valence-corrected chi connectivity index (χ1v) is 7.99. The van der Waals surface area contributed by atoms with Gasteiger partial charge in [-0.15, -0.1) is 5.10 Å². The Bertz CT molecular complexity index is 886. The quantitative estimate of drug-likeness (QED) is 0.718. The largest absolute Gasteiger partial charge is 0.469 e. The maximum absolute atomic E-state index is 9.06. The van der Waals surface area contributed by atoms with Crippen LogP contribution >= 0.6 is 0 Å². The van der Waals surface area contributed by atoms with E-state index >= 15 is 0 Å². The molecule has 1 saturated carbocycles. The first kappa shape index (κ1) is 14.6. The smallest absolute Gasteiger partial charge is 0.218 e. The molecule has 0 atom stereocenters. The van der Waals surface area contributed by atoms with Crippen molar-refractivity contribution in [1.82, 2.24) is 34.8 Å². The van der Waals surface area contributed by atoms with Gasteiger partial charge in [0.05, 0.1) is 12.2 Å². The molecule has 0 amide bonds. The highest BCUT2D eigenvalue weighted by Crippen LogP contribution is 2.28. The molecule has 1 fully saturated rings. The Hall–Kier alpha value is -3.02. The zero-order valence-corrected chi connectivity index (χ0v) is 13.0. The first-order chi connectivity index (χ1) is 11.9. The number of fused-ring (bicyclic) bond motifs is 1. The molecule has 0 aromatic carbocycles. The fourth-order valence-electron chi connectivity index (χ4n) is 3.11. The van der Waals surface area contributed by atoms with E-state index in [0.29, 0.717) is 29.0 Å². The van der Waals surface area contributed by atoms with Crippen LogP contribution in [0.5, 0.6) is 5.88 Å². The second-order valence-electron chi connectivity index (χ2n) is 5.81. The zero-order valence-electron chi connectivity index (χ0n) is 13.0. The van der Waals surface area contributed by atoms with Crippen LogP contribution in [-0.4, -0.2) is 34.8 Å². The van der Waals surface area contributed by atoms with E-state index in [1.807, 2.05) is 4.68 Å². The predicted octanol–water partition coefficient (Wildman–Crippen LogP) is 1.67. The molecule has 1 aliphatic rings. The van der Waals surface area contributed by atoms with E-state index in [0.717, 1.165) is 12.8 Å². The standard InChI is InChI=1S/C15H16N8O/c16-8-11-9-18-23-14(6-7-17-15(11)23)24-10-13-19-20-21-22(13)12-4-2-1-3-5-12/h6-7,9,12H,1-5,10H2.